The Morgan fingerprint density at radius 3 is 1.55 bits per heavy atom. The number of nitrogens with zero attached hydrogens (tertiary/aromatic N) is 2. The zero-order valence-electron chi connectivity index (χ0n) is 29.2. The molecule has 2 aromatic heterocycles. The lowest BCUT2D eigenvalue weighted by Crippen LogP contribution is -2.59. The van der Waals surface area contributed by atoms with Crippen LogP contribution in [0, 0.1) is 0 Å². The largest absolute Gasteiger partial charge is 0.484 e. The first-order valence-electron chi connectivity index (χ1n) is 15.6. The maximum atomic E-state index is 11.9. The van der Waals surface area contributed by atoms with Gasteiger partial charge in [0.05, 0.1) is 4.90 Å². The number of sulfone groups is 1. The number of nitrogens with one attached hydrogen (secondary N) is 2. The highest BCUT2D eigenvalue weighted by Gasteiger charge is 2.55. The van der Waals surface area contributed by atoms with Crippen LogP contribution in [0.4, 0.5) is 0 Å². The molecular formula is C34H40N4O11S2. The van der Waals surface area contributed by atoms with Crippen LogP contribution in [0.5, 0.6) is 23.3 Å². The topological polar surface area (TPSA) is 220 Å². The first-order valence-corrected chi connectivity index (χ1v) is 19.1. The van der Waals surface area contributed by atoms with Crippen molar-refractivity contribution in [1.29, 1.82) is 0 Å². The molecule has 0 saturated carbocycles. The zero-order chi connectivity index (χ0) is 37.7. The van der Waals surface area contributed by atoms with E-state index in [2.05, 4.69) is 20.4 Å². The summed E-state index contributed by atoms with van der Waals surface area (Å²) in [4.78, 5) is 23.1. The fourth-order valence-electron chi connectivity index (χ4n) is 5.44. The summed E-state index contributed by atoms with van der Waals surface area (Å²) in [7, 11) is -4.65. The van der Waals surface area contributed by atoms with Gasteiger partial charge in [-0.2, -0.15) is 0 Å². The maximum absolute atomic E-state index is 11.9. The number of aromatic amines is 2. The van der Waals surface area contributed by atoms with E-state index in [0.29, 0.717) is 27.5 Å². The molecule has 17 heteroatoms. The van der Waals surface area contributed by atoms with Gasteiger partial charge in [-0.1, -0.05) is 0 Å². The average Bonchev–Trinajstić information content (AvgIpc) is 3.03. The molecule has 2 aliphatic heterocycles. The number of rotatable bonds is 6. The SMILES string of the molecule is CC1(C)Oc2ccc(S(C)(=O)=O)cc2C(Oc2ccc(=O)[nH]n2)C1(C)O.CS(=O)c1ccc2c(c1)C(Oc1ccc(=O)[nH]n1)C(C)(O)C(C)(C)O2. The smallest absolute Gasteiger partial charge is 0.264 e. The van der Waals surface area contributed by atoms with E-state index in [9.17, 15) is 32.4 Å². The highest BCUT2D eigenvalue weighted by Crippen LogP contribution is 2.49. The lowest BCUT2D eigenvalue weighted by atomic mass is 9.77. The van der Waals surface area contributed by atoms with E-state index >= 15 is 0 Å². The van der Waals surface area contributed by atoms with Crippen molar-refractivity contribution in [2.75, 3.05) is 12.5 Å². The first kappa shape index (κ1) is 37.7. The van der Waals surface area contributed by atoms with Crippen molar-refractivity contribution in [1.82, 2.24) is 20.4 Å². The van der Waals surface area contributed by atoms with E-state index in [1.165, 1.54) is 36.4 Å². The molecule has 0 bridgehead atoms. The molecule has 2 aliphatic rings. The monoisotopic (exact) mass is 744 g/mol. The lowest BCUT2D eigenvalue weighted by molar-refractivity contribution is -0.175. The standard InChI is InChI=1S/C17H20N2O6S.C17H20N2O5S/c1-16(2)17(3,21)15(24-14-8-7-13(20)18-19-14)11-9-10(26(4,22)23)5-6-12(11)25-16;1-16(2)17(3,21)15(23-14-8-7-13(20)18-19-14)11-9-10(25(4)22)5-6-12(11)24-16/h5-9,15,21H,1-4H3,(H,18,20);5-9,15,21H,1-4H3,(H,18,20). The van der Waals surface area contributed by atoms with E-state index in [1.807, 2.05) is 0 Å². The van der Waals surface area contributed by atoms with Gasteiger partial charge in [-0.05, 0) is 77.9 Å². The van der Waals surface area contributed by atoms with Crippen molar-refractivity contribution in [3.05, 3.63) is 92.5 Å². The Morgan fingerprint density at radius 1 is 0.725 bits per heavy atom. The van der Waals surface area contributed by atoms with Crippen LogP contribution in [0.1, 0.15) is 64.9 Å². The minimum Gasteiger partial charge on any atom is -0.484 e. The summed E-state index contributed by atoms with van der Waals surface area (Å²) in [5.41, 5.74) is -4.69. The Balaban J connectivity index is 0.000000198. The molecule has 0 spiro atoms. The van der Waals surface area contributed by atoms with Crippen LogP contribution in [0.3, 0.4) is 0 Å². The normalized spacial score (nSPS) is 25.0. The van der Waals surface area contributed by atoms with Crippen LogP contribution in [-0.4, -0.2) is 78.2 Å². The quantitative estimate of drug-likeness (QED) is 0.223. The van der Waals surface area contributed by atoms with Crippen molar-refractivity contribution in [3.8, 4) is 23.3 Å². The van der Waals surface area contributed by atoms with Crippen LogP contribution >= 0.6 is 0 Å². The molecule has 51 heavy (non-hydrogen) atoms. The van der Waals surface area contributed by atoms with E-state index in [-0.39, 0.29) is 22.2 Å². The van der Waals surface area contributed by atoms with Crippen molar-refractivity contribution in [2.45, 2.75) is 85.9 Å². The molecule has 4 N–H and O–H groups in total. The van der Waals surface area contributed by atoms with E-state index in [4.69, 9.17) is 18.9 Å². The number of aliphatic hydroxyl groups is 2. The Bertz CT molecular complexity index is 2170. The van der Waals surface area contributed by atoms with Gasteiger partial charge in [0.25, 0.3) is 11.1 Å². The van der Waals surface area contributed by atoms with Crippen LogP contribution in [0.25, 0.3) is 0 Å². The number of ether oxygens (including phenoxy) is 4. The van der Waals surface area contributed by atoms with Crippen LogP contribution in [-0.2, 0) is 20.6 Å². The van der Waals surface area contributed by atoms with Crippen LogP contribution < -0.4 is 30.1 Å². The summed E-state index contributed by atoms with van der Waals surface area (Å²) in [5, 5.41) is 34.4. The molecule has 5 unspecified atom stereocenters. The summed E-state index contributed by atoms with van der Waals surface area (Å²) >= 11 is 0. The number of hydrogen-bond donors (Lipinski definition) is 4. The third kappa shape index (κ3) is 7.42. The highest BCUT2D eigenvalue weighted by molar-refractivity contribution is 7.90. The van der Waals surface area contributed by atoms with Gasteiger partial charge in [-0.3, -0.25) is 13.8 Å². The summed E-state index contributed by atoms with van der Waals surface area (Å²) in [5.74, 6) is 1.20. The van der Waals surface area contributed by atoms with Crippen molar-refractivity contribution in [2.24, 2.45) is 0 Å². The third-order valence-electron chi connectivity index (χ3n) is 9.26. The van der Waals surface area contributed by atoms with Gasteiger partial charge in [0.1, 0.15) is 33.9 Å². The summed E-state index contributed by atoms with van der Waals surface area (Å²) in [6.07, 6.45) is 0.877. The van der Waals surface area contributed by atoms with Gasteiger partial charge in [0, 0.05) is 63.6 Å². The summed E-state index contributed by atoms with van der Waals surface area (Å²) in [6, 6.07) is 14.9. The van der Waals surface area contributed by atoms with Gasteiger partial charge in [0.15, 0.2) is 22.0 Å². The first-order chi connectivity index (χ1) is 23.5. The van der Waals surface area contributed by atoms with E-state index < -0.39 is 60.8 Å². The number of benzene rings is 2. The second-order valence-corrected chi connectivity index (χ2v) is 17.1. The fraction of sp³-hybridized carbons (Fsp3) is 0.412. The molecule has 0 aliphatic carbocycles. The predicted molar refractivity (Wildman–Crippen MR) is 185 cm³/mol. The number of fused-ring (bicyclic) bond motifs is 2. The highest BCUT2D eigenvalue weighted by atomic mass is 32.2. The number of H-pyrrole nitrogens is 2. The number of hydrogen-bond acceptors (Lipinski definition) is 13. The molecule has 4 heterocycles. The molecule has 5 atom stereocenters. The second-order valence-electron chi connectivity index (χ2n) is 13.7. The Morgan fingerprint density at radius 2 is 1.16 bits per heavy atom. The molecule has 0 radical (unpaired) electrons. The molecule has 0 fully saturated rings. The molecule has 0 saturated heterocycles. The van der Waals surface area contributed by atoms with Gasteiger partial charge in [-0.25, -0.2) is 18.6 Å². The zero-order valence-corrected chi connectivity index (χ0v) is 30.8. The molecule has 4 aromatic rings. The van der Waals surface area contributed by atoms with Crippen molar-refractivity contribution < 1.29 is 41.8 Å². The van der Waals surface area contributed by atoms with Gasteiger partial charge in [-0.15, -0.1) is 10.2 Å². The summed E-state index contributed by atoms with van der Waals surface area (Å²) < 4.78 is 59.3. The molecule has 6 rings (SSSR count). The van der Waals surface area contributed by atoms with Crippen LogP contribution in [0.15, 0.2) is 80.0 Å². The Kier molecular flexibility index (Phi) is 9.74. The van der Waals surface area contributed by atoms with Crippen molar-refractivity contribution >= 4 is 20.6 Å². The van der Waals surface area contributed by atoms with Gasteiger partial charge >= 0.3 is 0 Å². The third-order valence-corrected chi connectivity index (χ3v) is 11.3. The molecule has 274 valence electrons. The molecule has 15 nitrogen and oxygen atoms in total. The van der Waals surface area contributed by atoms with Gasteiger partial charge < -0.3 is 29.2 Å². The Labute approximate surface area is 296 Å². The minimum absolute atomic E-state index is 0.0818. The maximum Gasteiger partial charge on any atom is 0.264 e. The number of aromatic nitrogens is 4. The Hall–Kier alpha value is -4.58. The van der Waals surface area contributed by atoms with Crippen LogP contribution in [0.2, 0.25) is 0 Å². The second kappa shape index (κ2) is 13.2. The fourth-order valence-corrected chi connectivity index (χ4v) is 6.65. The summed E-state index contributed by atoms with van der Waals surface area (Å²) in [6.45, 7) is 10.1. The molecular weight excluding hydrogens is 705 g/mol. The molecule has 0 amide bonds. The van der Waals surface area contributed by atoms with E-state index in [0.717, 1.165) is 6.26 Å². The van der Waals surface area contributed by atoms with Crippen molar-refractivity contribution in [3.63, 3.8) is 0 Å². The predicted octanol–water partition coefficient (Wildman–Crippen LogP) is 2.76. The molecule has 2 aromatic carbocycles. The average molecular weight is 745 g/mol. The lowest BCUT2D eigenvalue weighted by Gasteiger charge is -2.48. The van der Waals surface area contributed by atoms with E-state index in [1.54, 1.807) is 72.1 Å². The van der Waals surface area contributed by atoms with Gasteiger partial charge in [0.2, 0.25) is 11.8 Å². The minimum atomic E-state index is -3.46.